The Labute approximate surface area is 367 Å². The van der Waals surface area contributed by atoms with Crippen molar-refractivity contribution in [1.82, 2.24) is 30.4 Å². The Morgan fingerprint density at radius 1 is 0.889 bits per heavy atom. The number of H-pyrrole nitrogens is 1. The highest BCUT2D eigenvalue weighted by Gasteiger charge is 2.44. The van der Waals surface area contributed by atoms with Crippen molar-refractivity contribution in [3.8, 4) is 28.1 Å². The fraction of sp³-hybridized carbons (Fsp3) is 0.500. The SMILES string of the molecule is COC(=O)NC(C(=O)N1[C@@H](C)CC[C@H]1c1ncc(-c2ccc3c(c2)COc2cc4c5c(ccc4cc2-3)N=C([C@@H]2C[C@H](C)CN2C(=O)[C@@H](NC(=O)OC)C2CCOCC2)C5)[nH]1)C(C)C. The summed E-state index contributed by atoms with van der Waals surface area (Å²) in [5.41, 5.74) is 8.00. The summed E-state index contributed by atoms with van der Waals surface area (Å²) in [6, 6.07) is 13.1. The first-order valence-electron chi connectivity index (χ1n) is 22.3. The molecule has 63 heavy (non-hydrogen) atoms. The zero-order valence-corrected chi connectivity index (χ0v) is 36.9. The highest BCUT2D eigenvalue weighted by Crippen LogP contribution is 2.45. The van der Waals surface area contributed by atoms with Gasteiger partial charge in [0.1, 0.15) is 30.3 Å². The number of amides is 4. The molecule has 3 N–H and O–H groups in total. The maximum atomic E-state index is 14.3. The van der Waals surface area contributed by atoms with E-state index < -0.39 is 24.3 Å². The molecule has 3 saturated heterocycles. The number of nitrogens with one attached hydrogen (secondary N) is 3. The molecule has 4 aromatic rings. The van der Waals surface area contributed by atoms with Crippen molar-refractivity contribution in [2.45, 2.75) is 103 Å². The summed E-state index contributed by atoms with van der Waals surface area (Å²) in [5, 5.41) is 7.77. The van der Waals surface area contributed by atoms with Crippen LogP contribution in [0, 0.1) is 17.8 Å². The van der Waals surface area contributed by atoms with Gasteiger partial charge in [-0.25, -0.2) is 14.6 Å². The topological polar surface area (TPSA) is 177 Å². The average Bonchev–Trinajstić information content (AvgIpc) is 4.12. The number of hydrogen-bond acceptors (Lipinski definition) is 10. The van der Waals surface area contributed by atoms with Crippen molar-refractivity contribution in [3.05, 3.63) is 65.6 Å². The van der Waals surface area contributed by atoms with Crippen LogP contribution in [0.2, 0.25) is 0 Å². The van der Waals surface area contributed by atoms with E-state index in [0.29, 0.717) is 51.5 Å². The highest BCUT2D eigenvalue weighted by molar-refractivity contribution is 6.06. The number of alkyl carbamates (subject to hydrolysis) is 2. The number of fused-ring (bicyclic) bond motifs is 6. The molecule has 1 aromatic heterocycles. The van der Waals surface area contributed by atoms with Crippen molar-refractivity contribution in [3.63, 3.8) is 0 Å². The van der Waals surface area contributed by atoms with E-state index in [9.17, 15) is 19.2 Å². The maximum Gasteiger partial charge on any atom is 0.407 e. The van der Waals surface area contributed by atoms with E-state index in [2.05, 4.69) is 65.0 Å². The van der Waals surface area contributed by atoms with Gasteiger partial charge in [-0.15, -0.1) is 0 Å². The second-order valence-corrected chi connectivity index (χ2v) is 18.2. The Morgan fingerprint density at radius 3 is 2.43 bits per heavy atom. The molecule has 332 valence electrons. The minimum atomic E-state index is -0.717. The fourth-order valence-electron chi connectivity index (χ4n) is 10.4. The number of rotatable bonds is 9. The first-order valence-corrected chi connectivity index (χ1v) is 22.3. The molecule has 5 aliphatic heterocycles. The van der Waals surface area contributed by atoms with Crippen molar-refractivity contribution >= 4 is 46.2 Å². The summed E-state index contributed by atoms with van der Waals surface area (Å²) >= 11 is 0. The smallest absolute Gasteiger partial charge is 0.407 e. The zero-order chi connectivity index (χ0) is 44.1. The summed E-state index contributed by atoms with van der Waals surface area (Å²) in [6.07, 6.45) is 4.99. The Bertz CT molecular complexity index is 2480. The van der Waals surface area contributed by atoms with E-state index in [1.165, 1.54) is 14.2 Å². The quantitative estimate of drug-likeness (QED) is 0.157. The number of methoxy groups -OCH3 is 2. The molecule has 15 heteroatoms. The standard InChI is InChI=1S/C48H57N7O8/c1-25(2)42(52-47(58)60-5)46(57)55-27(4)7-12-39(55)44-49-22-38(51-44)30-8-10-32-31(18-30)24-63-41-21-33-29(19-35(32)41)9-11-36-34(33)20-37(50-36)40-17-26(3)23-54(40)45(56)43(53-48(59)61-6)28-13-15-62-16-14-28/h8-11,18-19,21-22,25-28,39-40,42-43H,7,12-17,20,23-24H2,1-6H3,(H,49,51)(H,52,58)(H,53,59)/t26-,27-,39-,40-,42?,43-/m0/s1. The molecule has 5 aliphatic rings. The van der Waals surface area contributed by atoms with Gasteiger partial charge < -0.3 is 44.4 Å². The molecular weight excluding hydrogens is 803 g/mol. The lowest BCUT2D eigenvalue weighted by atomic mass is 9.90. The average molecular weight is 860 g/mol. The largest absolute Gasteiger partial charge is 0.488 e. The number of benzene rings is 3. The molecule has 6 heterocycles. The van der Waals surface area contributed by atoms with Gasteiger partial charge in [0.25, 0.3) is 0 Å². The second kappa shape index (κ2) is 17.3. The van der Waals surface area contributed by atoms with E-state index >= 15 is 0 Å². The van der Waals surface area contributed by atoms with Crippen molar-refractivity contribution in [1.29, 1.82) is 0 Å². The van der Waals surface area contributed by atoms with Crippen LogP contribution in [0.15, 0.2) is 53.7 Å². The number of nitrogens with zero attached hydrogens (tertiary/aromatic N) is 4. The number of ether oxygens (including phenoxy) is 4. The van der Waals surface area contributed by atoms with Crippen LogP contribution < -0.4 is 15.4 Å². The molecule has 6 atom stereocenters. The molecule has 1 unspecified atom stereocenters. The molecule has 0 radical (unpaired) electrons. The predicted molar refractivity (Wildman–Crippen MR) is 237 cm³/mol. The second-order valence-electron chi connectivity index (χ2n) is 18.2. The number of aromatic nitrogens is 2. The normalized spacial score (nSPS) is 22.7. The van der Waals surface area contributed by atoms with Crippen molar-refractivity contribution in [2.75, 3.05) is 34.0 Å². The number of carbonyl (C=O) groups excluding carboxylic acids is 4. The third-order valence-corrected chi connectivity index (χ3v) is 13.8. The van der Waals surface area contributed by atoms with Gasteiger partial charge >= 0.3 is 12.2 Å². The Hall–Kier alpha value is -5.96. The predicted octanol–water partition coefficient (Wildman–Crippen LogP) is 7.24. The van der Waals surface area contributed by atoms with Crippen LogP contribution >= 0.6 is 0 Å². The monoisotopic (exact) mass is 859 g/mol. The maximum absolute atomic E-state index is 14.3. The fourth-order valence-corrected chi connectivity index (χ4v) is 10.4. The lowest BCUT2D eigenvalue weighted by Crippen LogP contribution is -2.55. The summed E-state index contributed by atoms with van der Waals surface area (Å²) < 4.78 is 21.8. The van der Waals surface area contributed by atoms with Crippen LogP contribution in [0.25, 0.3) is 33.2 Å². The molecule has 9 rings (SSSR count). The van der Waals surface area contributed by atoms with E-state index in [-0.39, 0.29) is 47.7 Å². The molecule has 15 nitrogen and oxygen atoms in total. The van der Waals surface area contributed by atoms with E-state index in [1.54, 1.807) is 0 Å². The number of aliphatic imine (C=N–C) groups is 1. The number of likely N-dealkylation sites (tertiary alicyclic amines) is 2. The highest BCUT2D eigenvalue weighted by atomic mass is 16.5. The van der Waals surface area contributed by atoms with Gasteiger partial charge in [-0.05, 0) is 114 Å². The third-order valence-electron chi connectivity index (χ3n) is 13.8. The molecule has 0 saturated carbocycles. The third kappa shape index (κ3) is 8.00. The van der Waals surface area contributed by atoms with Crippen LogP contribution in [0.3, 0.4) is 0 Å². The summed E-state index contributed by atoms with van der Waals surface area (Å²) in [4.78, 5) is 70.0. The summed E-state index contributed by atoms with van der Waals surface area (Å²) in [6.45, 7) is 10.1. The van der Waals surface area contributed by atoms with E-state index in [1.807, 2.05) is 36.8 Å². The molecule has 0 spiro atoms. The van der Waals surface area contributed by atoms with Gasteiger partial charge in [-0.1, -0.05) is 39.0 Å². The van der Waals surface area contributed by atoms with Gasteiger partial charge in [-0.3, -0.25) is 14.6 Å². The molecule has 4 amide bonds. The van der Waals surface area contributed by atoms with Crippen LogP contribution in [0.5, 0.6) is 5.75 Å². The zero-order valence-electron chi connectivity index (χ0n) is 36.9. The number of hydrogen-bond donors (Lipinski definition) is 3. The van der Waals surface area contributed by atoms with Crippen LogP contribution in [0.4, 0.5) is 15.3 Å². The van der Waals surface area contributed by atoms with E-state index in [0.717, 1.165) is 80.7 Å². The van der Waals surface area contributed by atoms with Crippen LogP contribution in [-0.2, 0) is 36.8 Å². The van der Waals surface area contributed by atoms with Gasteiger partial charge in [-0.2, -0.15) is 0 Å². The summed E-state index contributed by atoms with van der Waals surface area (Å²) in [7, 11) is 2.62. The van der Waals surface area contributed by atoms with Crippen molar-refractivity contribution < 1.29 is 38.1 Å². The Morgan fingerprint density at radius 2 is 1.67 bits per heavy atom. The molecule has 0 bridgehead atoms. The minimum Gasteiger partial charge on any atom is -0.488 e. The Kier molecular flexibility index (Phi) is 11.6. The molecule has 3 aromatic carbocycles. The first-order chi connectivity index (χ1) is 30.4. The number of imidazole rings is 1. The van der Waals surface area contributed by atoms with Crippen LogP contribution in [0.1, 0.15) is 82.8 Å². The minimum absolute atomic E-state index is 0.0138. The lowest BCUT2D eigenvalue weighted by Gasteiger charge is -2.34. The number of carbonyl (C=O) groups is 4. The van der Waals surface area contributed by atoms with E-state index in [4.69, 9.17) is 28.9 Å². The van der Waals surface area contributed by atoms with Crippen LogP contribution in [-0.4, -0.2) is 108 Å². The first kappa shape index (κ1) is 42.3. The summed E-state index contributed by atoms with van der Waals surface area (Å²) in [5.74, 6) is 1.41. The van der Waals surface area contributed by atoms with Gasteiger partial charge in [0.2, 0.25) is 11.8 Å². The van der Waals surface area contributed by atoms with Gasteiger partial charge in [0.05, 0.1) is 43.9 Å². The lowest BCUT2D eigenvalue weighted by molar-refractivity contribution is -0.137. The molecule has 0 aliphatic carbocycles. The van der Waals surface area contributed by atoms with Gasteiger partial charge in [0, 0.05) is 43.5 Å². The van der Waals surface area contributed by atoms with Gasteiger partial charge in [0.15, 0.2) is 0 Å². The Balaban J connectivity index is 0.933. The molecular formula is C48H57N7O8. The van der Waals surface area contributed by atoms with Crippen molar-refractivity contribution in [2.24, 2.45) is 22.7 Å². The molecule has 3 fully saturated rings. The number of aromatic amines is 1.